The van der Waals surface area contributed by atoms with Crippen LogP contribution in [0.4, 0.5) is 0 Å². The van der Waals surface area contributed by atoms with Crippen molar-refractivity contribution in [2.24, 2.45) is 0 Å². The third kappa shape index (κ3) is 2.97. The smallest absolute Gasteiger partial charge is 0.0440 e. The van der Waals surface area contributed by atoms with Gasteiger partial charge in [-0.25, -0.2) is 0 Å². The topological polar surface area (TPSA) is 9.23 Å². The van der Waals surface area contributed by atoms with Gasteiger partial charge in [-0.15, -0.1) is 0 Å². The Labute approximate surface area is 124 Å². The quantitative estimate of drug-likeness (QED) is 0.572. The number of rotatable bonds is 3. The molecule has 0 unspecified atom stereocenters. The number of hydrogen-bond donors (Lipinski definition) is 0. The maximum Gasteiger partial charge on any atom is 0.0440 e. The second-order valence-electron chi connectivity index (χ2n) is 4.97. The van der Waals surface area contributed by atoms with E-state index >= 15 is 0 Å². The largest absolute Gasteiger partial charge is 0.361 e. The maximum absolute atomic E-state index is 5.91. The first-order chi connectivity index (χ1) is 9.40. The number of benzene rings is 2. The van der Waals surface area contributed by atoms with E-state index in [-0.39, 0.29) is 8.41 Å². The Morgan fingerprint density at radius 3 is 1.55 bits per heavy atom. The van der Waals surface area contributed by atoms with Crippen LogP contribution in [-0.2, 0) is 4.52 Å². The molecule has 101 valence electrons. The molecule has 0 spiro atoms. The molecule has 2 aromatic carbocycles. The third-order valence-corrected chi connectivity index (χ3v) is 6.67. The fraction of sp³-hybridized carbons (Fsp3) is 0.294. The van der Waals surface area contributed by atoms with Gasteiger partial charge in [0.05, 0.1) is 0 Å². The van der Waals surface area contributed by atoms with Crippen molar-refractivity contribution >= 4 is 16.6 Å². The highest BCUT2D eigenvalue weighted by Crippen LogP contribution is 2.70. The monoisotopic (exact) mass is 281 g/mol. The summed E-state index contributed by atoms with van der Waals surface area (Å²) >= 11 is 0. The lowest BCUT2D eigenvalue weighted by atomic mass is 10.0. The zero-order valence-electron chi connectivity index (χ0n) is 11.8. The summed E-state index contributed by atoms with van der Waals surface area (Å²) in [4.78, 5) is 0. The highest BCUT2D eigenvalue weighted by Gasteiger charge is 2.37. The highest BCUT2D eigenvalue weighted by molar-refractivity contribution is 7.53. The van der Waals surface area contributed by atoms with Gasteiger partial charge in [0.1, 0.15) is 0 Å². The minimum Gasteiger partial charge on any atom is -0.361 e. The molecule has 2 aromatic rings. The van der Waals surface area contributed by atoms with Gasteiger partial charge < -0.3 is 4.52 Å². The molecule has 0 N–H and O–H groups in total. The van der Waals surface area contributed by atoms with Crippen molar-refractivity contribution in [1.82, 2.24) is 0 Å². The molecule has 1 heterocycles. The molecule has 1 aliphatic heterocycles. The van der Waals surface area contributed by atoms with Gasteiger partial charge in [-0.05, 0) is 24.0 Å². The standard InChI is InChI=1S/C17H19OP.B/c1-18-19-16(14-8-4-2-5-9-14)12-13-17(19)15-10-6-3-7-11-15;/h2-11,16-17H,12-13H2,1H3;/t16-,17-;/m0./s1. The summed E-state index contributed by atoms with van der Waals surface area (Å²) in [6.45, 7) is 0. The first-order valence-electron chi connectivity index (χ1n) is 6.82. The Morgan fingerprint density at radius 2 is 1.20 bits per heavy atom. The normalized spacial score (nSPS) is 22.4. The molecule has 0 amide bonds. The Kier molecular flexibility index (Phi) is 5.40. The van der Waals surface area contributed by atoms with E-state index in [1.807, 2.05) is 7.11 Å². The number of hydrogen-bond acceptors (Lipinski definition) is 1. The van der Waals surface area contributed by atoms with E-state index in [2.05, 4.69) is 60.7 Å². The van der Waals surface area contributed by atoms with Crippen LogP contribution in [0.5, 0.6) is 0 Å². The van der Waals surface area contributed by atoms with E-state index in [0.717, 1.165) is 0 Å². The summed E-state index contributed by atoms with van der Waals surface area (Å²) in [6, 6.07) is 21.7. The maximum atomic E-state index is 5.91. The van der Waals surface area contributed by atoms with E-state index in [4.69, 9.17) is 4.52 Å². The van der Waals surface area contributed by atoms with Gasteiger partial charge >= 0.3 is 0 Å². The molecule has 0 saturated carbocycles. The fourth-order valence-corrected chi connectivity index (χ4v) is 5.70. The van der Waals surface area contributed by atoms with Gasteiger partial charge in [-0.2, -0.15) is 0 Å². The Hall–Kier alpha value is -1.11. The predicted molar refractivity (Wildman–Crippen MR) is 87.3 cm³/mol. The molecule has 1 fully saturated rings. The van der Waals surface area contributed by atoms with Crippen LogP contribution >= 0.6 is 8.15 Å². The van der Waals surface area contributed by atoms with Gasteiger partial charge in [0.2, 0.25) is 0 Å². The minimum atomic E-state index is -0.422. The van der Waals surface area contributed by atoms with Crippen LogP contribution in [0.3, 0.4) is 0 Å². The second kappa shape index (κ2) is 7.06. The van der Waals surface area contributed by atoms with E-state index in [0.29, 0.717) is 11.3 Å². The molecule has 20 heavy (non-hydrogen) atoms. The molecule has 1 aliphatic rings. The van der Waals surface area contributed by atoms with Crippen LogP contribution in [0, 0.1) is 0 Å². The lowest BCUT2D eigenvalue weighted by Gasteiger charge is -2.24. The molecule has 3 heteroatoms. The molecule has 3 radical (unpaired) electrons. The molecule has 0 bridgehead atoms. The van der Waals surface area contributed by atoms with Crippen LogP contribution in [-0.4, -0.2) is 15.5 Å². The SMILES string of the molecule is COP1[C@H](c2ccccc2)CC[C@H]1c1ccccc1.[B]. The van der Waals surface area contributed by atoms with Gasteiger partial charge in [0, 0.05) is 35.0 Å². The zero-order valence-corrected chi connectivity index (χ0v) is 12.7. The third-order valence-electron chi connectivity index (χ3n) is 3.91. The van der Waals surface area contributed by atoms with Crippen molar-refractivity contribution < 1.29 is 4.52 Å². The van der Waals surface area contributed by atoms with Crippen molar-refractivity contribution in [2.75, 3.05) is 7.11 Å². The van der Waals surface area contributed by atoms with E-state index in [1.54, 1.807) is 0 Å². The molecule has 1 nitrogen and oxygen atoms in total. The van der Waals surface area contributed by atoms with Crippen molar-refractivity contribution in [3.8, 4) is 0 Å². The summed E-state index contributed by atoms with van der Waals surface area (Å²) in [5.41, 5.74) is 4.06. The second-order valence-corrected chi connectivity index (χ2v) is 7.30. The molecule has 2 atom stereocenters. The average Bonchev–Trinajstić information content (AvgIpc) is 2.93. The van der Waals surface area contributed by atoms with Gasteiger partial charge in [-0.1, -0.05) is 60.7 Å². The van der Waals surface area contributed by atoms with Crippen molar-refractivity contribution in [3.63, 3.8) is 0 Å². The molecule has 0 aliphatic carbocycles. The Bertz CT molecular complexity index is 470. The van der Waals surface area contributed by atoms with E-state index < -0.39 is 8.15 Å². The summed E-state index contributed by atoms with van der Waals surface area (Å²) in [7, 11) is 1.46. The molecule has 1 saturated heterocycles. The van der Waals surface area contributed by atoms with E-state index in [9.17, 15) is 0 Å². The Balaban J connectivity index is 0.00000147. The highest BCUT2D eigenvalue weighted by atomic mass is 31.1. The van der Waals surface area contributed by atoms with Crippen LogP contribution in [0.15, 0.2) is 60.7 Å². The molecular weight excluding hydrogens is 262 g/mol. The van der Waals surface area contributed by atoms with Crippen molar-refractivity contribution in [2.45, 2.75) is 24.2 Å². The average molecular weight is 281 g/mol. The first-order valence-corrected chi connectivity index (χ1v) is 8.22. The van der Waals surface area contributed by atoms with E-state index in [1.165, 1.54) is 24.0 Å². The summed E-state index contributed by atoms with van der Waals surface area (Å²) in [6.07, 6.45) is 2.48. The molecule has 0 aromatic heterocycles. The lowest BCUT2D eigenvalue weighted by molar-refractivity contribution is 0.453. The van der Waals surface area contributed by atoms with Gasteiger partial charge in [0.15, 0.2) is 0 Å². The zero-order chi connectivity index (χ0) is 13.1. The fourth-order valence-electron chi connectivity index (χ4n) is 3.02. The summed E-state index contributed by atoms with van der Waals surface area (Å²) in [5.74, 6) is 0. The summed E-state index contributed by atoms with van der Waals surface area (Å²) < 4.78 is 5.91. The molecular formula is C17H19BOP. The summed E-state index contributed by atoms with van der Waals surface area (Å²) in [5, 5.41) is 0. The van der Waals surface area contributed by atoms with Crippen LogP contribution in [0.1, 0.15) is 35.3 Å². The van der Waals surface area contributed by atoms with Crippen LogP contribution in [0.25, 0.3) is 0 Å². The van der Waals surface area contributed by atoms with Crippen LogP contribution in [0.2, 0.25) is 0 Å². The first kappa shape index (κ1) is 15.3. The van der Waals surface area contributed by atoms with Crippen molar-refractivity contribution in [3.05, 3.63) is 71.8 Å². The minimum absolute atomic E-state index is 0. The lowest BCUT2D eigenvalue weighted by Crippen LogP contribution is -1.95. The Morgan fingerprint density at radius 1 is 0.800 bits per heavy atom. The van der Waals surface area contributed by atoms with Gasteiger partial charge in [0.25, 0.3) is 0 Å². The van der Waals surface area contributed by atoms with Crippen molar-refractivity contribution in [1.29, 1.82) is 0 Å². The molecule has 3 rings (SSSR count). The predicted octanol–water partition coefficient (Wildman–Crippen LogP) is 4.93. The van der Waals surface area contributed by atoms with Gasteiger partial charge in [-0.3, -0.25) is 0 Å². The van der Waals surface area contributed by atoms with Crippen LogP contribution < -0.4 is 0 Å².